The first-order valence-corrected chi connectivity index (χ1v) is 27.3. The average molecular weight is 896 g/mol. The highest BCUT2D eigenvalue weighted by atomic mass is 31.2. The monoisotopic (exact) mass is 896 g/mol. The number of hydrogen-bond acceptors (Lipinski definition) is 6. The van der Waals surface area contributed by atoms with E-state index in [-0.39, 0.29) is 31.5 Å². The molecule has 0 heterocycles. The molecule has 3 atom stereocenters. The van der Waals surface area contributed by atoms with Crippen molar-refractivity contribution in [3.05, 3.63) is 36.5 Å². The first kappa shape index (κ1) is 60.2. The van der Waals surface area contributed by atoms with Crippen LogP contribution in [0.2, 0.25) is 0 Å². The predicted molar refractivity (Wildman–Crippen MR) is 263 cm³/mol. The average Bonchev–Trinajstić information content (AvgIpc) is 3.22. The molecule has 0 aliphatic rings. The number of allylic oxidation sites excluding steroid dienone is 5. The van der Waals surface area contributed by atoms with Crippen molar-refractivity contribution in [2.45, 2.75) is 245 Å². The van der Waals surface area contributed by atoms with E-state index in [0.29, 0.717) is 17.4 Å². The molecule has 0 saturated carbocycles. The number of ether oxygens (including phenoxy) is 1. The van der Waals surface area contributed by atoms with Crippen LogP contribution in [0.1, 0.15) is 233 Å². The molecule has 0 aromatic rings. The number of hydrogen-bond donors (Lipinski definition) is 2. The van der Waals surface area contributed by atoms with Gasteiger partial charge in [0.2, 0.25) is 5.91 Å². The first-order valence-electron chi connectivity index (χ1n) is 25.8. The summed E-state index contributed by atoms with van der Waals surface area (Å²) in [5.74, 6) is -0.535. The summed E-state index contributed by atoms with van der Waals surface area (Å²) in [6, 6.07) is -0.853. The second-order valence-corrected chi connectivity index (χ2v) is 20.1. The molecule has 0 rings (SSSR count). The molecule has 2 N–H and O–H groups in total. The van der Waals surface area contributed by atoms with Gasteiger partial charge in [-0.2, -0.15) is 0 Å². The van der Waals surface area contributed by atoms with Crippen molar-refractivity contribution in [1.82, 2.24) is 5.32 Å². The number of nitrogens with one attached hydrogen (secondary N) is 1. The van der Waals surface area contributed by atoms with Crippen molar-refractivity contribution in [3.8, 4) is 0 Å². The van der Waals surface area contributed by atoms with Gasteiger partial charge in [-0.3, -0.25) is 18.6 Å². The van der Waals surface area contributed by atoms with E-state index in [2.05, 4.69) is 50.4 Å². The molecule has 0 spiro atoms. The van der Waals surface area contributed by atoms with Crippen molar-refractivity contribution >= 4 is 19.7 Å². The Balaban J connectivity index is 5.45. The van der Waals surface area contributed by atoms with Crippen LogP contribution in [0.5, 0.6) is 0 Å². The number of carbonyl (C=O) groups excluding carboxylic acids is 2. The first-order chi connectivity index (χ1) is 29.9. The molecular weight excluding hydrogens is 796 g/mol. The van der Waals surface area contributed by atoms with Crippen LogP contribution in [0.25, 0.3) is 0 Å². The summed E-state index contributed by atoms with van der Waals surface area (Å²) in [6.45, 7) is 6.93. The lowest BCUT2D eigenvalue weighted by Crippen LogP contribution is -2.47. The van der Waals surface area contributed by atoms with Crippen molar-refractivity contribution in [1.29, 1.82) is 0 Å². The molecular formula is C52H100N2O7P+. The third-order valence-corrected chi connectivity index (χ3v) is 12.3. The summed E-state index contributed by atoms with van der Waals surface area (Å²) in [5, 5.41) is 3.02. The molecule has 10 heteroatoms. The molecule has 62 heavy (non-hydrogen) atoms. The highest BCUT2D eigenvalue weighted by Crippen LogP contribution is 2.43. The predicted octanol–water partition coefficient (Wildman–Crippen LogP) is 14.8. The Bertz CT molecular complexity index is 1170. The maximum absolute atomic E-state index is 13.4. The lowest BCUT2D eigenvalue weighted by molar-refractivity contribution is -0.870. The molecule has 0 aromatic carbocycles. The van der Waals surface area contributed by atoms with Gasteiger partial charge in [0.05, 0.1) is 33.8 Å². The van der Waals surface area contributed by atoms with Crippen molar-refractivity contribution < 1.29 is 37.3 Å². The van der Waals surface area contributed by atoms with Gasteiger partial charge >= 0.3 is 13.8 Å². The quantitative estimate of drug-likeness (QED) is 0.0206. The van der Waals surface area contributed by atoms with Gasteiger partial charge in [0, 0.05) is 12.8 Å². The number of phosphoric ester groups is 1. The van der Waals surface area contributed by atoms with Gasteiger partial charge in [-0.1, -0.05) is 180 Å². The Hall–Kier alpha value is -1.77. The Morgan fingerprint density at radius 3 is 1.44 bits per heavy atom. The van der Waals surface area contributed by atoms with Crippen LogP contribution < -0.4 is 5.32 Å². The number of nitrogens with zero attached hydrogens (tertiary/aromatic N) is 1. The van der Waals surface area contributed by atoms with E-state index in [1.165, 1.54) is 103 Å². The van der Waals surface area contributed by atoms with E-state index in [1.807, 2.05) is 33.3 Å². The highest BCUT2D eigenvalue weighted by molar-refractivity contribution is 7.47. The zero-order valence-electron chi connectivity index (χ0n) is 41.4. The van der Waals surface area contributed by atoms with Gasteiger partial charge < -0.3 is 19.4 Å². The van der Waals surface area contributed by atoms with Gasteiger partial charge in [0.15, 0.2) is 0 Å². The smallest absolute Gasteiger partial charge is 0.456 e. The number of phosphoric acid groups is 1. The minimum absolute atomic E-state index is 0.0370. The van der Waals surface area contributed by atoms with Gasteiger partial charge in [0.1, 0.15) is 19.3 Å². The Kier molecular flexibility index (Phi) is 41.9. The fourth-order valence-corrected chi connectivity index (χ4v) is 7.94. The van der Waals surface area contributed by atoms with Crippen LogP contribution in [0.3, 0.4) is 0 Å². The standard InChI is InChI=1S/C52H99N2O7P/c1-7-10-13-16-19-22-25-26-27-30-32-35-38-41-44-51(55)53-49(48-60-62(57,58)59-47-46-54(4,5)6)50(43-40-37-34-31-28-23-20-17-14-11-8-2)61-52(56)45-42-39-36-33-29-24-21-18-15-12-9-3/h18,21,27,30,40,43,49-50H,7-17,19-20,22-26,28-29,31-39,41-42,44-48H2,1-6H3,(H-,53,55,57,58)/p+1/b21-18-,30-27-,43-40+. The third kappa shape index (κ3) is 43.5. The SMILES string of the molecule is CCCC/C=C\CCCCCCCC(=O)OC(/C=C/CCCCCCCCCCC)C(COP(=O)(O)OCC[N+](C)(C)C)NC(=O)CCCCC/C=C\CCCCCCCCC. The molecule has 0 aliphatic heterocycles. The van der Waals surface area contributed by atoms with E-state index in [9.17, 15) is 19.0 Å². The lowest BCUT2D eigenvalue weighted by Gasteiger charge is -2.27. The molecule has 0 aliphatic carbocycles. The zero-order valence-corrected chi connectivity index (χ0v) is 42.3. The highest BCUT2D eigenvalue weighted by Gasteiger charge is 2.30. The van der Waals surface area contributed by atoms with Crippen molar-refractivity contribution in [3.63, 3.8) is 0 Å². The van der Waals surface area contributed by atoms with Gasteiger partial charge in [-0.25, -0.2) is 4.57 Å². The fourth-order valence-electron chi connectivity index (χ4n) is 7.21. The Morgan fingerprint density at radius 1 is 0.548 bits per heavy atom. The number of likely N-dealkylation sites (N-methyl/N-ethyl adjacent to an activating group) is 1. The minimum Gasteiger partial charge on any atom is -0.456 e. The van der Waals surface area contributed by atoms with Gasteiger partial charge in [-0.05, 0) is 76.7 Å². The maximum atomic E-state index is 13.4. The summed E-state index contributed by atoms with van der Waals surface area (Å²) in [6.07, 6.45) is 48.5. The number of esters is 1. The van der Waals surface area contributed by atoms with E-state index in [0.717, 1.165) is 96.3 Å². The molecule has 9 nitrogen and oxygen atoms in total. The molecule has 1 amide bonds. The van der Waals surface area contributed by atoms with Crippen molar-refractivity contribution in [2.24, 2.45) is 0 Å². The summed E-state index contributed by atoms with van der Waals surface area (Å²) >= 11 is 0. The Labute approximate surface area is 383 Å². The van der Waals surface area contributed by atoms with Gasteiger partial charge in [-0.15, -0.1) is 0 Å². The summed E-state index contributed by atoms with van der Waals surface area (Å²) in [7, 11) is 1.48. The van der Waals surface area contributed by atoms with E-state index < -0.39 is 20.0 Å². The molecule has 364 valence electrons. The molecule has 0 radical (unpaired) electrons. The molecule has 0 aromatic heterocycles. The molecule has 0 bridgehead atoms. The second kappa shape index (κ2) is 43.1. The minimum atomic E-state index is -4.44. The second-order valence-electron chi connectivity index (χ2n) is 18.7. The summed E-state index contributed by atoms with van der Waals surface area (Å²) < 4.78 is 30.4. The van der Waals surface area contributed by atoms with Crippen LogP contribution in [-0.4, -0.2) is 74.3 Å². The van der Waals surface area contributed by atoms with Crippen LogP contribution in [0.4, 0.5) is 0 Å². The van der Waals surface area contributed by atoms with Gasteiger partial charge in [0.25, 0.3) is 0 Å². The van der Waals surface area contributed by atoms with Crippen LogP contribution >= 0.6 is 7.82 Å². The largest absolute Gasteiger partial charge is 0.472 e. The number of carbonyl (C=O) groups is 2. The van der Waals surface area contributed by atoms with Crippen LogP contribution in [-0.2, 0) is 27.9 Å². The number of quaternary nitrogens is 1. The summed E-state index contributed by atoms with van der Waals surface area (Å²) in [5.41, 5.74) is 0. The van der Waals surface area contributed by atoms with Crippen molar-refractivity contribution in [2.75, 3.05) is 40.9 Å². The summed E-state index contributed by atoms with van der Waals surface area (Å²) in [4.78, 5) is 37.3. The topological polar surface area (TPSA) is 111 Å². The third-order valence-electron chi connectivity index (χ3n) is 11.3. The Morgan fingerprint density at radius 2 is 0.952 bits per heavy atom. The van der Waals surface area contributed by atoms with E-state index in [4.69, 9.17) is 13.8 Å². The maximum Gasteiger partial charge on any atom is 0.472 e. The van der Waals surface area contributed by atoms with E-state index in [1.54, 1.807) is 0 Å². The number of rotatable bonds is 46. The molecule has 3 unspecified atom stereocenters. The number of unbranched alkanes of at least 4 members (excludes halogenated alkanes) is 26. The lowest BCUT2D eigenvalue weighted by atomic mass is 10.1. The van der Waals surface area contributed by atoms with E-state index >= 15 is 0 Å². The van der Waals surface area contributed by atoms with Crippen LogP contribution in [0.15, 0.2) is 36.5 Å². The number of amides is 1. The zero-order chi connectivity index (χ0) is 45.8. The van der Waals surface area contributed by atoms with Crippen LogP contribution in [0, 0.1) is 0 Å². The molecule has 0 fully saturated rings. The molecule has 0 saturated heterocycles. The fraction of sp³-hybridized carbons (Fsp3) is 0.846. The normalized spacial score (nSPS) is 14.2.